The Morgan fingerprint density at radius 1 is 1.20 bits per heavy atom. The maximum absolute atomic E-state index is 12.0. The lowest BCUT2D eigenvalue weighted by atomic mass is 9.99. The van der Waals surface area contributed by atoms with Crippen LogP contribution >= 0.6 is 0 Å². The van der Waals surface area contributed by atoms with E-state index in [1.54, 1.807) is 23.2 Å². The second kappa shape index (κ2) is 8.52. The van der Waals surface area contributed by atoms with Crippen molar-refractivity contribution >= 4 is 11.7 Å². The van der Waals surface area contributed by atoms with E-state index in [0.29, 0.717) is 25.1 Å². The highest BCUT2D eigenvalue weighted by atomic mass is 16.2. The minimum absolute atomic E-state index is 0.0923. The van der Waals surface area contributed by atoms with E-state index in [-0.39, 0.29) is 5.91 Å². The molecule has 1 fully saturated rings. The Kier molecular flexibility index (Phi) is 6.05. The van der Waals surface area contributed by atoms with Crippen LogP contribution in [-0.2, 0) is 4.79 Å². The molecule has 30 heavy (non-hydrogen) atoms. The molecule has 0 radical (unpaired) electrons. The quantitative estimate of drug-likeness (QED) is 0.768. The van der Waals surface area contributed by atoms with Gasteiger partial charge in [0, 0.05) is 37.3 Å². The zero-order valence-electron chi connectivity index (χ0n) is 17.6. The maximum Gasteiger partial charge on any atom is 0.221 e. The summed E-state index contributed by atoms with van der Waals surface area (Å²) < 4.78 is 0. The first kappa shape index (κ1) is 21.3. The maximum atomic E-state index is 12.0. The summed E-state index contributed by atoms with van der Waals surface area (Å²) in [4.78, 5) is 18.1. The van der Waals surface area contributed by atoms with Crippen LogP contribution in [0, 0.1) is 22.7 Å². The van der Waals surface area contributed by atoms with Crippen LogP contribution in [0.3, 0.4) is 0 Å². The number of aromatic nitrogens is 1. The molecule has 1 aromatic heterocycles. The number of likely N-dealkylation sites (tertiary alicyclic amines) is 1. The number of carbonyl (C=O) groups excluding carboxylic acids is 1. The molecule has 0 saturated carbocycles. The molecule has 2 N–H and O–H groups in total. The van der Waals surface area contributed by atoms with Crippen molar-refractivity contribution in [1.82, 2.24) is 15.2 Å². The van der Waals surface area contributed by atoms with Crippen molar-refractivity contribution in [2.24, 2.45) is 0 Å². The van der Waals surface area contributed by atoms with Gasteiger partial charge in [0.25, 0.3) is 0 Å². The van der Waals surface area contributed by atoms with Gasteiger partial charge < -0.3 is 10.2 Å². The SMILES string of the molecule is CC(=O)N1CCCC1(C#N)NC(C)(C)CNc1ccc(-c2ccc(C#N)cc2)cn1. The van der Waals surface area contributed by atoms with E-state index in [9.17, 15) is 10.1 Å². The van der Waals surface area contributed by atoms with Crippen molar-refractivity contribution in [3.8, 4) is 23.3 Å². The van der Waals surface area contributed by atoms with Gasteiger partial charge in [-0.1, -0.05) is 12.1 Å². The Hall–Kier alpha value is -3.42. The number of nitrogens with zero attached hydrogens (tertiary/aromatic N) is 4. The third-order valence-electron chi connectivity index (χ3n) is 5.31. The topological polar surface area (TPSA) is 105 Å². The van der Waals surface area contributed by atoms with Crippen molar-refractivity contribution < 1.29 is 4.79 Å². The van der Waals surface area contributed by atoms with Gasteiger partial charge in [-0.05, 0) is 56.5 Å². The number of hydrogen-bond donors (Lipinski definition) is 2. The Morgan fingerprint density at radius 2 is 1.90 bits per heavy atom. The summed E-state index contributed by atoms with van der Waals surface area (Å²) in [5, 5.41) is 25.4. The first-order chi connectivity index (χ1) is 14.3. The van der Waals surface area contributed by atoms with Crippen LogP contribution in [0.15, 0.2) is 42.6 Å². The van der Waals surface area contributed by atoms with Crippen molar-refractivity contribution in [2.45, 2.75) is 44.8 Å². The summed E-state index contributed by atoms with van der Waals surface area (Å²) in [5.41, 5.74) is 1.18. The molecule has 0 bridgehead atoms. The predicted octanol–water partition coefficient (Wildman–Crippen LogP) is 3.26. The summed E-state index contributed by atoms with van der Waals surface area (Å²) >= 11 is 0. The van der Waals surface area contributed by atoms with Gasteiger partial charge >= 0.3 is 0 Å². The third-order valence-corrected chi connectivity index (χ3v) is 5.31. The molecule has 1 aliphatic heterocycles. The molecular formula is C23H26N6O. The number of hydrogen-bond acceptors (Lipinski definition) is 6. The standard InChI is InChI=1S/C23H26N6O/c1-17(30)29-12-4-11-23(29,15-25)28-22(2,3)16-27-21-10-9-20(14-26-21)19-7-5-18(13-24)6-8-19/h5-10,14,28H,4,11-12,16H2,1-3H3,(H,26,27). The van der Waals surface area contributed by atoms with Gasteiger partial charge in [0.05, 0.1) is 11.6 Å². The van der Waals surface area contributed by atoms with Crippen LogP contribution in [0.4, 0.5) is 5.82 Å². The summed E-state index contributed by atoms with van der Waals surface area (Å²) in [5.74, 6) is 0.633. The van der Waals surface area contributed by atoms with Crippen LogP contribution in [0.25, 0.3) is 11.1 Å². The molecular weight excluding hydrogens is 376 g/mol. The first-order valence-corrected chi connectivity index (χ1v) is 9.98. The summed E-state index contributed by atoms with van der Waals surface area (Å²) in [6.07, 6.45) is 3.21. The van der Waals surface area contributed by atoms with E-state index < -0.39 is 11.2 Å². The number of rotatable bonds is 6. The number of benzene rings is 1. The predicted molar refractivity (Wildman–Crippen MR) is 115 cm³/mol. The van der Waals surface area contributed by atoms with E-state index in [4.69, 9.17) is 5.26 Å². The molecule has 2 heterocycles. The van der Waals surface area contributed by atoms with Crippen molar-refractivity contribution in [3.63, 3.8) is 0 Å². The number of nitrogens with one attached hydrogen (secondary N) is 2. The molecule has 1 atom stereocenters. The monoisotopic (exact) mass is 402 g/mol. The second-order valence-electron chi connectivity index (χ2n) is 8.23. The van der Waals surface area contributed by atoms with Gasteiger partial charge in [-0.25, -0.2) is 4.98 Å². The molecule has 1 saturated heterocycles. The fraction of sp³-hybridized carbons (Fsp3) is 0.391. The number of carbonyl (C=O) groups is 1. The zero-order chi connectivity index (χ0) is 21.8. The first-order valence-electron chi connectivity index (χ1n) is 9.98. The van der Waals surface area contributed by atoms with Crippen LogP contribution in [0.2, 0.25) is 0 Å². The van der Waals surface area contributed by atoms with E-state index in [1.807, 2.05) is 38.1 Å². The Morgan fingerprint density at radius 3 is 2.47 bits per heavy atom. The van der Waals surface area contributed by atoms with Crippen molar-refractivity contribution in [3.05, 3.63) is 48.2 Å². The highest BCUT2D eigenvalue weighted by Crippen LogP contribution is 2.29. The third kappa shape index (κ3) is 4.59. The van der Waals surface area contributed by atoms with E-state index in [0.717, 1.165) is 23.4 Å². The summed E-state index contributed by atoms with van der Waals surface area (Å²) in [7, 11) is 0. The average molecular weight is 403 g/mol. The molecule has 0 aliphatic carbocycles. The average Bonchev–Trinajstić information content (AvgIpc) is 3.16. The normalized spacial score (nSPS) is 18.5. The largest absolute Gasteiger partial charge is 0.368 e. The van der Waals surface area contributed by atoms with Crippen LogP contribution in [-0.4, -0.2) is 40.1 Å². The van der Waals surface area contributed by atoms with Gasteiger partial charge in [-0.2, -0.15) is 10.5 Å². The second-order valence-corrected chi connectivity index (χ2v) is 8.23. The van der Waals surface area contributed by atoms with Crippen molar-refractivity contribution in [1.29, 1.82) is 10.5 Å². The van der Waals surface area contributed by atoms with Gasteiger partial charge in [-0.15, -0.1) is 0 Å². The number of nitriles is 2. The molecule has 2 aromatic rings. The number of pyridine rings is 1. The zero-order valence-corrected chi connectivity index (χ0v) is 17.6. The van der Waals surface area contributed by atoms with E-state index >= 15 is 0 Å². The highest BCUT2D eigenvalue weighted by Gasteiger charge is 2.45. The molecule has 1 aliphatic rings. The molecule has 7 heteroatoms. The summed E-state index contributed by atoms with van der Waals surface area (Å²) in [6, 6.07) is 15.7. The van der Waals surface area contributed by atoms with Crippen LogP contribution in [0.5, 0.6) is 0 Å². The minimum Gasteiger partial charge on any atom is -0.368 e. The minimum atomic E-state index is -0.968. The van der Waals surface area contributed by atoms with Gasteiger partial charge in [0.1, 0.15) is 11.9 Å². The lowest BCUT2D eigenvalue weighted by Crippen LogP contribution is -2.63. The van der Waals surface area contributed by atoms with Crippen LogP contribution in [0.1, 0.15) is 39.2 Å². The molecule has 1 unspecified atom stereocenters. The Labute approximate surface area is 177 Å². The molecule has 7 nitrogen and oxygen atoms in total. The highest BCUT2D eigenvalue weighted by molar-refractivity contribution is 5.75. The van der Waals surface area contributed by atoms with Gasteiger partial charge in [-0.3, -0.25) is 10.1 Å². The number of amides is 1. The molecule has 1 amide bonds. The van der Waals surface area contributed by atoms with Gasteiger partial charge in [0.15, 0.2) is 5.66 Å². The molecule has 154 valence electrons. The molecule has 1 aromatic carbocycles. The Bertz CT molecular complexity index is 984. The number of anilines is 1. The van der Waals surface area contributed by atoms with E-state index in [2.05, 4.69) is 27.8 Å². The molecule has 0 spiro atoms. The fourth-order valence-electron chi connectivity index (χ4n) is 3.84. The van der Waals surface area contributed by atoms with E-state index in [1.165, 1.54) is 6.92 Å². The lowest BCUT2D eigenvalue weighted by Gasteiger charge is -2.40. The fourth-order valence-corrected chi connectivity index (χ4v) is 3.84. The summed E-state index contributed by atoms with van der Waals surface area (Å²) in [6.45, 7) is 6.63. The smallest absolute Gasteiger partial charge is 0.221 e. The molecule has 3 rings (SSSR count). The van der Waals surface area contributed by atoms with Gasteiger partial charge in [0.2, 0.25) is 5.91 Å². The lowest BCUT2D eigenvalue weighted by molar-refractivity contribution is -0.132. The van der Waals surface area contributed by atoms with Crippen molar-refractivity contribution in [2.75, 3.05) is 18.4 Å². The Balaban J connectivity index is 1.64. The van der Waals surface area contributed by atoms with Crippen LogP contribution < -0.4 is 10.6 Å².